The average molecular weight is 414 g/mol. The van der Waals surface area contributed by atoms with E-state index in [0.717, 1.165) is 54.3 Å². The lowest BCUT2D eigenvalue weighted by Gasteiger charge is -2.27. The number of nitrogens with one attached hydrogen (secondary N) is 2. The number of amides is 2. The molecular formula is C18H22N8O2S. The van der Waals surface area contributed by atoms with E-state index in [9.17, 15) is 4.79 Å². The maximum absolute atomic E-state index is 12.6. The van der Waals surface area contributed by atoms with Gasteiger partial charge in [-0.1, -0.05) is 0 Å². The summed E-state index contributed by atoms with van der Waals surface area (Å²) in [6.45, 7) is 1.27. The van der Waals surface area contributed by atoms with Crippen LogP contribution in [0.15, 0.2) is 18.6 Å². The van der Waals surface area contributed by atoms with E-state index in [1.165, 1.54) is 0 Å². The van der Waals surface area contributed by atoms with Crippen LogP contribution in [0.3, 0.4) is 0 Å². The fourth-order valence-electron chi connectivity index (χ4n) is 4.60. The second-order valence-electron chi connectivity index (χ2n) is 7.70. The molecule has 1 aliphatic carbocycles. The Balaban J connectivity index is 1.21. The maximum atomic E-state index is 12.6. The number of likely N-dealkylation sites (tertiary alicyclic amines) is 1. The monoisotopic (exact) mass is 414 g/mol. The average Bonchev–Trinajstić information content (AvgIpc) is 3.48. The fourth-order valence-corrected chi connectivity index (χ4v) is 5.17. The van der Waals surface area contributed by atoms with Crippen LogP contribution in [0.2, 0.25) is 0 Å². The van der Waals surface area contributed by atoms with E-state index in [-0.39, 0.29) is 12.6 Å². The zero-order valence-corrected chi connectivity index (χ0v) is 16.8. The molecule has 1 aliphatic heterocycles. The molecule has 0 bridgehead atoms. The summed E-state index contributed by atoms with van der Waals surface area (Å²) in [6, 6.07) is 2.27. The smallest absolute Gasteiger partial charge is 0.323 e. The molecular weight excluding hydrogens is 392 g/mol. The minimum Gasteiger partial charge on any atom is -0.388 e. The van der Waals surface area contributed by atoms with Gasteiger partial charge in [-0.2, -0.15) is 4.37 Å². The number of aliphatic hydroxyl groups excluding tert-OH is 1. The van der Waals surface area contributed by atoms with Crippen LogP contribution in [0.1, 0.15) is 18.7 Å². The lowest BCUT2D eigenvalue weighted by molar-refractivity contribution is 0.218. The number of anilines is 2. The highest BCUT2D eigenvalue weighted by Crippen LogP contribution is 2.41. The highest BCUT2D eigenvalue weighted by molar-refractivity contribution is 7.09. The first-order chi connectivity index (χ1) is 14.1. The van der Waals surface area contributed by atoms with Crippen molar-refractivity contribution >= 4 is 39.5 Å². The minimum atomic E-state index is -0.226. The zero-order valence-electron chi connectivity index (χ0n) is 15.9. The van der Waals surface area contributed by atoms with Crippen LogP contribution >= 0.6 is 11.5 Å². The maximum Gasteiger partial charge on any atom is 0.323 e. The summed E-state index contributed by atoms with van der Waals surface area (Å²) < 4.78 is 3.98. The number of carbonyl (C=O) groups is 1. The number of urea groups is 1. The molecule has 5 rings (SSSR count). The van der Waals surface area contributed by atoms with Crippen molar-refractivity contribution in [3.8, 4) is 0 Å². The van der Waals surface area contributed by atoms with E-state index in [1.807, 2.05) is 17.2 Å². The predicted octanol–water partition coefficient (Wildman–Crippen LogP) is 1.68. The second kappa shape index (κ2) is 7.23. The van der Waals surface area contributed by atoms with Crippen LogP contribution in [0.25, 0.3) is 11.0 Å². The van der Waals surface area contributed by atoms with Crippen LogP contribution in [-0.2, 0) is 6.61 Å². The standard InChI is InChI=1S/C18H22N8O2S/c1-25(16-13-2-3-19-15(13)20-9-21-16)12-4-10-6-26(7-11(10)5-12)18(28)23-17-22-14(8-27)24-29-17/h2-3,9-12,27H,4-8H2,1H3,(H,19,20,21)(H,22,23,24,28)/t10-,11?,12?/m1/s1. The number of hydrogen-bond donors (Lipinski definition) is 3. The first kappa shape index (κ1) is 18.3. The molecule has 2 unspecified atom stereocenters. The molecule has 1 saturated carbocycles. The van der Waals surface area contributed by atoms with Gasteiger partial charge in [-0.15, -0.1) is 0 Å². The van der Waals surface area contributed by atoms with Gasteiger partial charge in [-0.3, -0.25) is 5.32 Å². The van der Waals surface area contributed by atoms with Crippen LogP contribution in [0, 0.1) is 11.8 Å². The first-order valence-corrected chi connectivity index (χ1v) is 10.4. The Morgan fingerprint density at radius 1 is 1.38 bits per heavy atom. The van der Waals surface area contributed by atoms with Crippen molar-refractivity contribution in [2.75, 3.05) is 30.4 Å². The zero-order chi connectivity index (χ0) is 20.0. The summed E-state index contributed by atoms with van der Waals surface area (Å²) in [5.41, 5.74) is 0.851. The number of fused-ring (bicyclic) bond motifs is 2. The molecule has 0 spiro atoms. The van der Waals surface area contributed by atoms with E-state index in [0.29, 0.717) is 28.8 Å². The molecule has 29 heavy (non-hydrogen) atoms. The summed E-state index contributed by atoms with van der Waals surface area (Å²) >= 11 is 1.09. The van der Waals surface area contributed by atoms with Crippen LogP contribution in [0.5, 0.6) is 0 Å². The highest BCUT2D eigenvalue weighted by atomic mass is 32.1. The van der Waals surface area contributed by atoms with Crippen LogP contribution in [-0.4, -0.2) is 66.5 Å². The van der Waals surface area contributed by atoms with Gasteiger partial charge in [0.15, 0.2) is 5.82 Å². The Morgan fingerprint density at radius 2 is 2.17 bits per heavy atom. The van der Waals surface area contributed by atoms with Gasteiger partial charge in [0.25, 0.3) is 0 Å². The summed E-state index contributed by atoms with van der Waals surface area (Å²) in [7, 11) is 2.10. The van der Waals surface area contributed by atoms with E-state index in [4.69, 9.17) is 5.11 Å². The van der Waals surface area contributed by atoms with Crippen molar-refractivity contribution in [3.05, 3.63) is 24.4 Å². The summed E-state index contributed by atoms with van der Waals surface area (Å²) in [6.07, 6.45) is 5.56. The number of aliphatic hydroxyl groups is 1. The lowest BCUT2D eigenvalue weighted by atomic mass is 10.0. The van der Waals surface area contributed by atoms with E-state index in [2.05, 4.69) is 41.6 Å². The van der Waals surface area contributed by atoms with Gasteiger partial charge in [0, 0.05) is 43.9 Å². The van der Waals surface area contributed by atoms with Crippen LogP contribution in [0.4, 0.5) is 15.7 Å². The summed E-state index contributed by atoms with van der Waals surface area (Å²) in [5.74, 6) is 2.25. The molecule has 152 valence electrons. The minimum absolute atomic E-state index is 0.144. The number of aromatic amines is 1. The molecule has 4 heterocycles. The van der Waals surface area contributed by atoms with Gasteiger partial charge in [-0.25, -0.2) is 19.7 Å². The number of carbonyl (C=O) groups excluding carboxylic acids is 1. The number of nitrogens with zero attached hydrogens (tertiary/aromatic N) is 6. The summed E-state index contributed by atoms with van der Waals surface area (Å²) in [4.78, 5) is 32.7. The Morgan fingerprint density at radius 3 is 2.90 bits per heavy atom. The van der Waals surface area contributed by atoms with Gasteiger partial charge in [0.2, 0.25) is 5.13 Å². The van der Waals surface area contributed by atoms with Gasteiger partial charge >= 0.3 is 6.03 Å². The molecule has 2 aliphatic rings. The number of aromatic nitrogens is 5. The number of hydrogen-bond acceptors (Lipinski definition) is 8. The normalized spacial score (nSPS) is 23.5. The van der Waals surface area contributed by atoms with Crippen molar-refractivity contribution in [1.29, 1.82) is 0 Å². The number of rotatable bonds is 4. The third kappa shape index (κ3) is 3.29. The predicted molar refractivity (Wildman–Crippen MR) is 109 cm³/mol. The molecule has 1 saturated heterocycles. The Bertz CT molecular complexity index is 1020. The fraction of sp³-hybridized carbons (Fsp3) is 0.500. The SMILES string of the molecule is CN(c1ncnc2[nH]ccc12)C1CC2CN(C(=O)Nc3nc(CO)ns3)C[C@H]2C1. The molecule has 0 aromatic carbocycles. The Hall–Kier alpha value is -2.79. The van der Waals surface area contributed by atoms with Crippen LogP contribution < -0.4 is 10.2 Å². The quantitative estimate of drug-likeness (QED) is 0.593. The molecule has 2 amide bonds. The molecule has 3 aromatic heterocycles. The van der Waals surface area contributed by atoms with Gasteiger partial charge in [-0.05, 0) is 30.7 Å². The van der Waals surface area contributed by atoms with Crippen molar-refractivity contribution in [1.82, 2.24) is 29.2 Å². The van der Waals surface area contributed by atoms with Gasteiger partial charge in [0.1, 0.15) is 24.4 Å². The van der Waals surface area contributed by atoms with E-state index in [1.54, 1.807) is 6.33 Å². The lowest BCUT2D eigenvalue weighted by Crippen LogP contribution is -2.36. The Labute approximate surface area is 171 Å². The summed E-state index contributed by atoms with van der Waals surface area (Å²) in [5, 5.41) is 13.3. The first-order valence-electron chi connectivity index (χ1n) is 9.62. The molecule has 3 atom stereocenters. The third-order valence-corrected chi connectivity index (χ3v) is 6.72. The second-order valence-corrected chi connectivity index (χ2v) is 8.45. The van der Waals surface area contributed by atoms with E-state index >= 15 is 0 Å². The third-order valence-electron chi connectivity index (χ3n) is 6.05. The van der Waals surface area contributed by atoms with Crippen molar-refractivity contribution < 1.29 is 9.90 Å². The van der Waals surface area contributed by atoms with Gasteiger partial charge in [0.05, 0.1) is 5.39 Å². The van der Waals surface area contributed by atoms with E-state index < -0.39 is 0 Å². The Kier molecular flexibility index (Phi) is 4.55. The van der Waals surface area contributed by atoms with Gasteiger partial charge < -0.3 is 19.9 Å². The largest absolute Gasteiger partial charge is 0.388 e. The van der Waals surface area contributed by atoms with Crippen molar-refractivity contribution in [3.63, 3.8) is 0 Å². The molecule has 3 aromatic rings. The molecule has 11 heteroatoms. The van der Waals surface area contributed by atoms with Crippen molar-refractivity contribution in [2.24, 2.45) is 11.8 Å². The molecule has 3 N–H and O–H groups in total. The van der Waals surface area contributed by atoms with Crippen molar-refractivity contribution in [2.45, 2.75) is 25.5 Å². The molecule has 10 nitrogen and oxygen atoms in total. The number of H-pyrrole nitrogens is 1. The topological polar surface area (TPSA) is 123 Å². The molecule has 0 radical (unpaired) electrons. The highest BCUT2D eigenvalue weighted by Gasteiger charge is 2.44. The molecule has 2 fully saturated rings.